The van der Waals surface area contributed by atoms with Gasteiger partial charge >= 0.3 is 13.3 Å². The molecule has 18 heavy (non-hydrogen) atoms. The predicted octanol–water partition coefficient (Wildman–Crippen LogP) is 0.975. The number of hydrogen-bond donors (Lipinski definition) is 2. The summed E-state index contributed by atoms with van der Waals surface area (Å²) in [6.07, 6.45) is -5.38. The highest BCUT2D eigenvalue weighted by molar-refractivity contribution is 6.58. The Morgan fingerprint density at radius 3 is 2.39 bits per heavy atom. The summed E-state index contributed by atoms with van der Waals surface area (Å²) >= 11 is 0. The molecule has 1 aromatic carbocycles. The minimum Gasteiger partial charge on any atom is -0.423 e. The van der Waals surface area contributed by atoms with E-state index in [0.29, 0.717) is 0 Å². The first-order valence-corrected chi connectivity index (χ1v) is 5.08. The molecule has 0 saturated heterocycles. The second-order valence-corrected chi connectivity index (χ2v) is 3.68. The maximum Gasteiger partial charge on any atom is 0.488 e. The fourth-order valence-corrected chi connectivity index (χ4v) is 1.29. The van der Waals surface area contributed by atoms with E-state index in [-0.39, 0.29) is 17.6 Å². The van der Waals surface area contributed by atoms with Crippen molar-refractivity contribution in [3.05, 3.63) is 29.6 Å². The minimum absolute atomic E-state index is 0.0792. The maximum absolute atomic E-state index is 13.0. The van der Waals surface area contributed by atoms with Crippen LogP contribution < -0.4 is 5.46 Å². The van der Waals surface area contributed by atoms with Gasteiger partial charge in [0.25, 0.3) is 0 Å². The molecule has 0 aliphatic heterocycles. The first kappa shape index (κ1) is 14.9. The SMILES string of the molecule is OB(O)c1cc(F)cc(COCCC(F)(F)F)c1. The van der Waals surface area contributed by atoms with Gasteiger partial charge in [-0.05, 0) is 23.2 Å². The van der Waals surface area contributed by atoms with Crippen molar-refractivity contribution in [3.8, 4) is 0 Å². The van der Waals surface area contributed by atoms with E-state index in [4.69, 9.17) is 14.8 Å². The molecule has 8 heteroatoms. The van der Waals surface area contributed by atoms with Crippen molar-refractivity contribution < 1.29 is 32.3 Å². The molecular weight excluding hydrogens is 255 g/mol. The number of ether oxygens (including phenoxy) is 1. The Labute approximate surface area is 101 Å². The topological polar surface area (TPSA) is 49.7 Å². The van der Waals surface area contributed by atoms with Crippen molar-refractivity contribution in [3.63, 3.8) is 0 Å². The zero-order valence-corrected chi connectivity index (χ0v) is 9.25. The minimum atomic E-state index is -4.30. The van der Waals surface area contributed by atoms with Crippen LogP contribution in [-0.4, -0.2) is 29.9 Å². The quantitative estimate of drug-likeness (QED) is 0.474. The molecule has 0 saturated carbocycles. The standard InChI is InChI=1S/C10H11BF4O3/c12-9-4-7(3-8(5-9)11(16)17)6-18-2-1-10(13,14)15/h3-5,16-17H,1-2,6H2. The molecule has 1 rings (SSSR count). The van der Waals surface area contributed by atoms with Crippen molar-refractivity contribution in [2.45, 2.75) is 19.2 Å². The van der Waals surface area contributed by atoms with E-state index in [1.54, 1.807) is 0 Å². The lowest BCUT2D eigenvalue weighted by molar-refractivity contribution is -0.146. The van der Waals surface area contributed by atoms with E-state index in [1.165, 1.54) is 6.07 Å². The number of alkyl halides is 3. The fourth-order valence-electron chi connectivity index (χ4n) is 1.29. The zero-order chi connectivity index (χ0) is 13.8. The maximum atomic E-state index is 13.0. The van der Waals surface area contributed by atoms with Gasteiger partial charge in [-0.15, -0.1) is 0 Å². The largest absolute Gasteiger partial charge is 0.488 e. The molecular formula is C10H11BF4O3. The molecule has 100 valence electrons. The van der Waals surface area contributed by atoms with Gasteiger partial charge in [-0.1, -0.05) is 6.07 Å². The highest BCUT2D eigenvalue weighted by Gasteiger charge is 2.26. The summed E-state index contributed by atoms with van der Waals surface area (Å²) in [7, 11) is -1.84. The van der Waals surface area contributed by atoms with E-state index >= 15 is 0 Å². The van der Waals surface area contributed by atoms with Gasteiger partial charge in [-0.2, -0.15) is 13.2 Å². The third-order valence-corrected chi connectivity index (χ3v) is 2.08. The molecule has 0 amide bonds. The molecule has 0 bridgehead atoms. The van der Waals surface area contributed by atoms with Gasteiger partial charge < -0.3 is 14.8 Å². The summed E-state index contributed by atoms with van der Waals surface area (Å²) in [6, 6.07) is 3.23. The highest BCUT2D eigenvalue weighted by Crippen LogP contribution is 2.19. The van der Waals surface area contributed by atoms with Gasteiger partial charge in [0.1, 0.15) is 5.82 Å². The Morgan fingerprint density at radius 1 is 1.17 bits per heavy atom. The lowest BCUT2D eigenvalue weighted by Gasteiger charge is -2.08. The van der Waals surface area contributed by atoms with Gasteiger partial charge in [0.05, 0.1) is 19.6 Å². The molecule has 0 radical (unpaired) electrons. The molecule has 2 N–H and O–H groups in total. The van der Waals surface area contributed by atoms with Crippen molar-refractivity contribution >= 4 is 12.6 Å². The summed E-state index contributed by atoms with van der Waals surface area (Å²) in [5.41, 5.74) is 0.157. The van der Waals surface area contributed by atoms with Gasteiger partial charge in [-0.3, -0.25) is 0 Å². The van der Waals surface area contributed by atoms with Crippen LogP contribution in [0, 0.1) is 5.82 Å². The third kappa shape index (κ3) is 5.48. The van der Waals surface area contributed by atoms with E-state index in [9.17, 15) is 17.6 Å². The summed E-state index contributed by atoms with van der Waals surface area (Å²) < 4.78 is 53.2. The highest BCUT2D eigenvalue weighted by atomic mass is 19.4. The molecule has 1 aromatic rings. The normalized spacial score (nSPS) is 11.7. The van der Waals surface area contributed by atoms with Crippen molar-refractivity contribution in [2.24, 2.45) is 0 Å². The monoisotopic (exact) mass is 266 g/mol. The van der Waals surface area contributed by atoms with Crippen LogP contribution in [0.4, 0.5) is 17.6 Å². The van der Waals surface area contributed by atoms with Crippen molar-refractivity contribution in [2.75, 3.05) is 6.61 Å². The molecule has 0 aromatic heterocycles. The Balaban J connectivity index is 2.52. The molecule has 0 fully saturated rings. The van der Waals surface area contributed by atoms with Crippen LogP contribution in [0.25, 0.3) is 0 Å². The Hall–Kier alpha value is -1.12. The second kappa shape index (κ2) is 6.17. The third-order valence-electron chi connectivity index (χ3n) is 2.08. The van der Waals surface area contributed by atoms with Crippen molar-refractivity contribution in [1.29, 1.82) is 0 Å². The lowest BCUT2D eigenvalue weighted by Crippen LogP contribution is -2.30. The number of hydrogen-bond acceptors (Lipinski definition) is 3. The van der Waals surface area contributed by atoms with E-state index in [0.717, 1.165) is 12.1 Å². The van der Waals surface area contributed by atoms with Crippen LogP contribution >= 0.6 is 0 Å². The van der Waals surface area contributed by atoms with E-state index < -0.39 is 32.1 Å². The molecule has 3 nitrogen and oxygen atoms in total. The van der Waals surface area contributed by atoms with Gasteiger partial charge in [0, 0.05) is 0 Å². The second-order valence-electron chi connectivity index (χ2n) is 3.68. The van der Waals surface area contributed by atoms with Gasteiger partial charge in [0.15, 0.2) is 0 Å². The molecule has 0 atom stereocenters. The molecule has 0 unspecified atom stereocenters. The van der Waals surface area contributed by atoms with Crippen LogP contribution in [0.1, 0.15) is 12.0 Å². The van der Waals surface area contributed by atoms with Crippen LogP contribution in [0.15, 0.2) is 18.2 Å². The van der Waals surface area contributed by atoms with Crippen LogP contribution in [0.2, 0.25) is 0 Å². The average molecular weight is 266 g/mol. The van der Waals surface area contributed by atoms with E-state index in [2.05, 4.69) is 0 Å². The molecule has 0 aliphatic carbocycles. The first-order valence-electron chi connectivity index (χ1n) is 5.08. The van der Waals surface area contributed by atoms with E-state index in [1.807, 2.05) is 0 Å². The van der Waals surface area contributed by atoms with Crippen molar-refractivity contribution in [1.82, 2.24) is 0 Å². The smallest absolute Gasteiger partial charge is 0.423 e. The van der Waals surface area contributed by atoms with Gasteiger partial charge in [-0.25, -0.2) is 4.39 Å². The number of halogens is 4. The summed E-state index contributed by atoms with van der Waals surface area (Å²) in [5, 5.41) is 17.7. The summed E-state index contributed by atoms with van der Waals surface area (Å²) in [4.78, 5) is 0. The zero-order valence-electron chi connectivity index (χ0n) is 9.25. The number of rotatable bonds is 5. The summed E-state index contributed by atoms with van der Waals surface area (Å²) in [6.45, 7) is -0.759. The molecule has 0 aliphatic rings. The summed E-state index contributed by atoms with van der Waals surface area (Å²) in [5.74, 6) is -0.713. The van der Waals surface area contributed by atoms with Crippen LogP contribution in [0.3, 0.4) is 0 Å². The average Bonchev–Trinajstić information content (AvgIpc) is 2.22. The van der Waals surface area contributed by atoms with Crippen LogP contribution in [-0.2, 0) is 11.3 Å². The number of benzene rings is 1. The first-order chi connectivity index (χ1) is 8.28. The Morgan fingerprint density at radius 2 is 1.83 bits per heavy atom. The van der Waals surface area contributed by atoms with Gasteiger partial charge in [0.2, 0.25) is 0 Å². The van der Waals surface area contributed by atoms with Crippen LogP contribution in [0.5, 0.6) is 0 Å². The Kier molecular flexibility index (Phi) is 5.12. The molecule has 0 spiro atoms. The fraction of sp³-hybridized carbons (Fsp3) is 0.400. The Bertz CT molecular complexity index is 395. The molecule has 0 heterocycles. The predicted molar refractivity (Wildman–Crippen MR) is 56.6 cm³/mol. The lowest BCUT2D eigenvalue weighted by atomic mass is 9.79.